The number of likely N-dealkylation sites (tertiary alicyclic amines) is 3. The molecule has 0 bridgehead atoms. The number of pyridine rings is 1. The van der Waals surface area contributed by atoms with Gasteiger partial charge in [0, 0.05) is 31.9 Å². The van der Waals surface area contributed by atoms with E-state index in [4.69, 9.17) is 10.5 Å². The van der Waals surface area contributed by atoms with Crippen LogP contribution in [0.4, 0.5) is 10.5 Å². The van der Waals surface area contributed by atoms with Gasteiger partial charge in [0.25, 0.3) is 0 Å². The second-order valence-electron chi connectivity index (χ2n) is 14.1. The summed E-state index contributed by atoms with van der Waals surface area (Å²) >= 11 is 0. The largest absolute Gasteiger partial charge is 0.461 e. The number of carbonyl (C=O) groups excluding carboxylic acids is 7. The predicted octanol–water partition coefficient (Wildman–Crippen LogP) is 3.54. The molecule has 3 aliphatic rings. The number of aromatic nitrogens is 1. The summed E-state index contributed by atoms with van der Waals surface area (Å²) in [5.74, 6) is -1.64. The van der Waals surface area contributed by atoms with Crippen LogP contribution >= 0.6 is 0 Å². The van der Waals surface area contributed by atoms with Crippen molar-refractivity contribution in [3.8, 4) is 0 Å². The zero-order valence-corrected chi connectivity index (χ0v) is 34.3. The van der Waals surface area contributed by atoms with Crippen LogP contribution in [0.1, 0.15) is 91.5 Å². The molecule has 314 valence electrons. The summed E-state index contributed by atoms with van der Waals surface area (Å²) in [7, 11) is 0. The second-order valence-corrected chi connectivity index (χ2v) is 14.1. The summed E-state index contributed by atoms with van der Waals surface area (Å²) < 4.78 is 5.46. The fourth-order valence-electron chi connectivity index (χ4n) is 6.53. The fourth-order valence-corrected chi connectivity index (χ4v) is 6.53. The summed E-state index contributed by atoms with van der Waals surface area (Å²) in [5.41, 5.74) is 6.71. The molecule has 0 spiro atoms. The van der Waals surface area contributed by atoms with Crippen molar-refractivity contribution < 1.29 is 38.3 Å². The number of piperidine rings is 1. The maximum atomic E-state index is 13.5. The van der Waals surface area contributed by atoms with Crippen molar-refractivity contribution in [1.82, 2.24) is 30.3 Å². The quantitative estimate of drug-likeness (QED) is 0.193. The third-order valence-corrected chi connectivity index (χ3v) is 9.14. The molecule has 3 saturated heterocycles. The minimum atomic E-state index is -0.662. The van der Waals surface area contributed by atoms with Crippen LogP contribution in [-0.4, -0.2) is 118 Å². The molecule has 57 heavy (non-hydrogen) atoms. The van der Waals surface area contributed by atoms with E-state index in [-0.39, 0.29) is 36.7 Å². The Balaban J connectivity index is 0.000000396. The lowest BCUT2D eigenvalue weighted by molar-refractivity contribution is -0.158. The molecule has 4 atom stereocenters. The molecule has 3 aliphatic heterocycles. The number of amides is 7. The molecule has 1 aromatic heterocycles. The van der Waals surface area contributed by atoms with E-state index in [1.807, 2.05) is 45.9 Å². The number of aryl methyl sites for hydroxylation is 1. The zero-order valence-electron chi connectivity index (χ0n) is 34.3. The van der Waals surface area contributed by atoms with Crippen molar-refractivity contribution in [2.75, 3.05) is 31.5 Å². The molecular formula is C41H62N8O8. The molecular weight excluding hydrogens is 732 g/mol. The van der Waals surface area contributed by atoms with Gasteiger partial charge in [-0.1, -0.05) is 49.7 Å². The first kappa shape index (κ1) is 47.6. The number of ether oxygens (including phenoxy) is 1. The number of urea groups is 1. The smallest absolute Gasteiger partial charge is 0.329 e. The number of nitrogens with two attached hydrogens (primary N) is 1. The molecule has 0 aliphatic carbocycles. The molecule has 16 heteroatoms. The fraction of sp³-hybridized carbons (Fsp3) is 0.561. The zero-order chi connectivity index (χ0) is 42.3. The van der Waals surface area contributed by atoms with Crippen LogP contribution in [0.5, 0.6) is 0 Å². The normalized spacial score (nSPS) is 18.9. The highest BCUT2D eigenvalue weighted by Crippen LogP contribution is 2.26. The third kappa shape index (κ3) is 16.6. The van der Waals surface area contributed by atoms with E-state index in [1.165, 1.54) is 16.7 Å². The summed E-state index contributed by atoms with van der Waals surface area (Å²) in [6.07, 6.45) is 7.97. The lowest BCUT2D eigenvalue weighted by Crippen LogP contribution is -2.57. The molecule has 16 nitrogen and oxygen atoms in total. The van der Waals surface area contributed by atoms with Crippen molar-refractivity contribution in [3.05, 3.63) is 60.4 Å². The molecule has 1 aromatic carbocycles. The third-order valence-electron chi connectivity index (χ3n) is 9.14. The van der Waals surface area contributed by atoms with Crippen LogP contribution in [0.15, 0.2) is 54.9 Å². The van der Waals surface area contributed by atoms with Gasteiger partial charge in [0.05, 0.1) is 24.8 Å². The number of carbonyl (C=O) groups is 7. The Morgan fingerprint density at radius 3 is 2.11 bits per heavy atom. The van der Waals surface area contributed by atoms with Crippen molar-refractivity contribution >= 4 is 47.7 Å². The standard InChI is InChI=1S/C24H38N4O6.C8H10N4O2.C7H8.C2H6/c1-16(2)25-22(31)18-8-4-5-12-28(18)23(32)19-9-7-13-27(19)21(30)14-17(3)34-24(33)20-10-6-11-26(20)15-29;9-7(13)5-11-8(14)12-6-2-1-3-10-4-6;1-7-5-3-2-4-6-7;1-2/h15-20H,4-14H2,1-3H3,(H,25,31);1-4H,5H2,(H2,9,13)(H2,11,12,14);2-6H,1H3;1-2H3. The van der Waals surface area contributed by atoms with E-state index in [9.17, 15) is 33.6 Å². The van der Waals surface area contributed by atoms with Crippen molar-refractivity contribution in [2.24, 2.45) is 5.73 Å². The lowest BCUT2D eigenvalue weighted by atomic mass is 9.99. The highest BCUT2D eigenvalue weighted by Gasteiger charge is 2.41. The van der Waals surface area contributed by atoms with Gasteiger partial charge in [-0.15, -0.1) is 0 Å². The van der Waals surface area contributed by atoms with Crippen LogP contribution in [0, 0.1) is 6.92 Å². The Morgan fingerprint density at radius 1 is 0.860 bits per heavy atom. The molecule has 0 saturated carbocycles. The molecule has 5 N–H and O–H groups in total. The highest BCUT2D eigenvalue weighted by atomic mass is 16.5. The summed E-state index contributed by atoms with van der Waals surface area (Å²) in [6, 6.07) is 11.4. The van der Waals surface area contributed by atoms with Gasteiger partial charge in [-0.05, 0) is 84.8 Å². The highest BCUT2D eigenvalue weighted by molar-refractivity contribution is 5.93. The number of rotatable bonds is 11. The number of primary amides is 1. The Morgan fingerprint density at radius 2 is 1.51 bits per heavy atom. The molecule has 4 heterocycles. The second kappa shape index (κ2) is 25.6. The van der Waals surface area contributed by atoms with E-state index < -0.39 is 42.1 Å². The van der Waals surface area contributed by atoms with Crippen LogP contribution < -0.4 is 21.7 Å². The number of nitrogens with zero attached hydrogens (tertiary/aromatic N) is 4. The molecule has 4 unspecified atom stereocenters. The van der Waals surface area contributed by atoms with Gasteiger partial charge in [-0.2, -0.15) is 0 Å². The van der Waals surface area contributed by atoms with Gasteiger partial charge in [-0.3, -0.25) is 29.0 Å². The van der Waals surface area contributed by atoms with Gasteiger partial charge < -0.3 is 41.1 Å². The van der Waals surface area contributed by atoms with E-state index >= 15 is 0 Å². The maximum absolute atomic E-state index is 13.5. The minimum Gasteiger partial charge on any atom is -0.461 e. The monoisotopic (exact) mass is 794 g/mol. The number of benzene rings is 1. The van der Waals surface area contributed by atoms with Gasteiger partial charge >= 0.3 is 12.0 Å². The van der Waals surface area contributed by atoms with Crippen LogP contribution in [0.3, 0.4) is 0 Å². The molecule has 7 amide bonds. The van der Waals surface area contributed by atoms with Crippen LogP contribution in [-0.2, 0) is 33.5 Å². The Hall–Kier alpha value is -5.54. The average Bonchev–Trinajstić information content (AvgIpc) is 3.90. The molecule has 5 rings (SSSR count). The Labute approximate surface area is 336 Å². The number of nitrogens with one attached hydrogen (secondary N) is 3. The van der Waals surface area contributed by atoms with E-state index in [2.05, 4.69) is 40.0 Å². The Bertz CT molecular complexity index is 1580. The van der Waals surface area contributed by atoms with Crippen molar-refractivity contribution in [3.63, 3.8) is 0 Å². The molecule has 0 radical (unpaired) electrons. The lowest BCUT2D eigenvalue weighted by Gasteiger charge is -2.38. The van der Waals surface area contributed by atoms with Crippen LogP contribution in [0.25, 0.3) is 0 Å². The first-order chi connectivity index (χ1) is 27.3. The maximum Gasteiger partial charge on any atom is 0.329 e. The van der Waals surface area contributed by atoms with Crippen molar-refractivity contribution in [1.29, 1.82) is 0 Å². The number of hydrogen-bond donors (Lipinski definition) is 4. The topological polar surface area (TPSA) is 213 Å². The number of esters is 1. The van der Waals surface area contributed by atoms with Gasteiger partial charge in [0.1, 0.15) is 24.2 Å². The first-order valence-corrected chi connectivity index (χ1v) is 19.9. The number of anilines is 1. The summed E-state index contributed by atoms with van der Waals surface area (Å²) in [4.78, 5) is 92.6. The Kier molecular flexibility index (Phi) is 21.4. The van der Waals surface area contributed by atoms with E-state index in [0.29, 0.717) is 57.4 Å². The molecule has 2 aromatic rings. The first-order valence-electron chi connectivity index (χ1n) is 19.9. The average molecular weight is 795 g/mol. The predicted molar refractivity (Wildman–Crippen MR) is 216 cm³/mol. The van der Waals surface area contributed by atoms with Crippen LogP contribution in [0.2, 0.25) is 0 Å². The molecule has 3 fully saturated rings. The van der Waals surface area contributed by atoms with Gasteiger partial charge in [0.2, 0.25) is 30.0 Å². The van der Waals surface area contributed by atoms with Gasteiger partial charge in [-0.25, -0.2) is 9.59 Å². The van der Waals surface area contributed by atoms with Gasteiger partial charge in [0.15, 0.2) is 0 Å². The summed E-state index contributed by atoms with van der Waals surface area (Å²) in [5, 5.41) is 7.66. The summed E-state index contributed by atoms with van der Waals surface area (Å²) in [6.45, 7) is 12.8. The van der Waals surface area contributed by atoms with Crippen molar-refractivity contribution in [2.45, 2.75) is 123 Å². The van der Waals surface area contributed by atoms with E-state index in [1.54, 1.807) is 35.1 Å². The van der Waals surface area contributed by atoms with E-state index in [0.717, 1.165) is 19.3 Å². The number of hydrogen-bond acceptors (Lipinski definition) is 9. The minimum absolute atomic E-state index is 0.0111. The SMILES string of the molecule is CC.CC(C)NC(=O)C1CCCCN1C(=O)C1CCCN1C(=O)CC(C)OC(=O)C1CCCN1C=O.Cc1ccccc1.NC(=O)CNC(=O)Nc1cccnc1.